The lowest BCUT2D eigenvalue weighted by Crippen LogP contribution is -2.46. The van der Waals surface area contributed by atoms with Gasteiger partial charge >= 0.3 is 0 Å². The first-order valence-electron chi connectivity index (χ1n) is 6.15. The van der Waals surface area contributed by atoms with Gasteiger partial charge in [-0.1, -0.05) is 0 Å². The second-order valence-corrected chi connectivity index (χ2v) is 5.03. The van der Waals surface area contributed by atoms with Gasteiger partial charge in [0.2, 0.25) is 0 Å². The fraction of sp³-hybridized carbons (Fsp3) is 1.00. The molecule has 0 N–H and O–H groups in total. The number of rotatable bonds is 5. The van der Waals surface area contributed by atoms with Crippen LogP contribution in [0.4, 0.5) is 0 Å². The van der Waals surface area contributed by atoms with Crippen LogP contribution in [0.5, 0.6) is 0 Å². The minimum Gasteiger partial charge on any atom is -0.381 e. The molecule has 2 rings (SSSR count). The molecule has 15 heavy (non-hydrogen) atoms. The van der Waals surface area contributed by atoms with Gasteiger partial charge in [-0.2, -0.15) is 0 Å². The van der Waals surface area contributed by atoms with Crippen molar-refractivity contribution in [2.24, 2.45) is 5.41 Å². The summed E-state index contributed by atoms with van der Waals surface area (Å²) >= 11 is 0. The van der Waals surface area contributed by atoms with Gasteiger partial charge in [0, 0.05) is 31.2 Å². The van der Waals surface area contributed by atoms with E-state index in [2.05, 4.69) is 18.7 Å². The van der Waals surface area contributed by atoms with E-state index in [-0.39, 0.29) is 0 Å². The summed E-state index contributed by atoms with van der Waals surface area (Å²) in [7, 11) is 0. The maximum atomic E-state index is 5.58. The van der Waals surface area contributed by atoms with Crippen molar-refractivity contribution in [3.63, 3.8) is 0 Å². The molecule has 1 atom stereocenters. The molecule has 1 aliphatic carbocycles. The van der Waals surface area contributed by atoms with Crippen LogP contribution in [0.1, 0.15) is 26.7 Å². The molecule has 2 fully saturated rings. The van der Waals surface area contributed by atoms with Crippen molar-refractivity contribution in [3.05, 3.63) is 0 Å². The Kier molecular flexibility index (Phi) is 3.65. The average Bonchev–Trinajstić information content (AvgIpc) is 3.00. The Morgan fingerprint density at radius 1 is 1.47 bits per heavy atom. The minimum atomic E-state index is 0.488. The van der Waals surface area contributed by atoms with Gasteiger partial charge in [-0.25, -0.2) is 0 Å². The molecule has 1 aliphatic heterocycles. The van der Waals surface area contributed by atoms with E-state index in [9.17, 15) is 0 Å². The van der Waals surface area contributed by atoms with Gasteiger partial charge in [-0.05, 0) is 26.7 Å². The quantitative estimate of drug-likeness (QED) is 0.691. The second-order valence-electron chi connectivity index (χ2n) is 5.03. The van der Waals surface area contributed by atoms with E-state index in [1.807, 2.05) is 0 Å². The van der Waals surface area contributed by atoms with Gasteiger partial charge in [0.05, 0.1) is 19.8 Å². The van der Waals surface area contributed by atoms with Crippen LogP contribution in [0, 0.1) is 5.41 Å². The zero-order valence-electron chi connectivity index (χ0n) is 10.00. The maximum absolute atomic E-state index is 5.58. The van der Waals surface area contributed by atoms with E-state index in [1.165, 1.54) is 19.4 Å². The standard InChI is InChI=1S/C12H23NO2/c1-3-14-10-12(4-5-12)9-13-6-7-15-8-11(13)2/h11H,3-10H2,1-2H3. The first-order chi connectivity index (χ1) is 7.26. The van der Waals surface area contributed by atoms with E-state index < -0.39 is 0 Å². The molecule has 88 valence electrons. The summed E-state index contributed by atoms with van der Waals surface area (Å²) in [6, 6.07) is 0.581. The molecule has 0 aromatic heterocycles. The third-order valence-corrected chi connectivity index (χ3v) is 3.61. The molecule has 0 radical (unpaired) electrons. The highest BCUT2D eigenvalue weighted by atomic mass is 16.5. The molecular formula is C12H23NO2. The second kappa shape index (κ2) is 4.81. The highest BCUT2D eigenvalue weighted by molar-refractivity contribution is 4.96. The van der Waals surface area contributed by atoms with Crippen LogP contribution < -0.4 is 0 Å². The van der Waals surface area contributed by atoms with Crippen LogP contribution in [0.2, 0.25) is 0 Å². The van der Waals surface area contributed by atoms with Crippen molar-refractivity contribution in [1.82, 2.24) is 4.90 Å². The molecule has 0 spiro atoms. The van der Waals surface area contributed by atoms with Crippen molar-refractivity contribution in [2.45, 2.75) is 32.7 Å². The summed E-state index contributed by atoms with van der Waals surface area (Å²) in [6.45, 7) is 10.2. The molecule has 0 aromatic rings. The molecule has 2 aliphatic rings. The lowest BCUT2D eigenvalue weighted by molar-refractivity contribution is -0.0191. The van der Waals surface area contributed by atoms with Gasteiger partial charge < -0.3 is 9.47 Å². The smallest absolute Gasteiger partial charge is 0.0619 e. The predicted octanol–water partition coefficient (Wildman–Crippen LogP) is 1.52. The maximum Gasteiger partial charge on any atom is 0.0619 e. The Balaban J connectivity index is 1.79. The molecule has 3 nitrogen and oxygen atoms in total. The number of morpholine rings is 1. The average molecular weight is 213 g/mol. The fourth-order valence-corrected chi connectivity index (χ4v) is 2.27. The lowest BCUT2D eigenvalue weighted by atomic mass is 10.1. The molecule has 3 heteroatoms. The van der Waals surface area contributed by atoms with Gasteiger partial charge in [-0.15, -0.1) is 0 Å². The minimum absolute atomic E-state index is 0.488. The molecule has 0 bridgehead atoms. The van der Waals surface area contributed by atoms with Crippen LogP contribution >= 0.6 is 0 Å². The number of nitrogens with zero attached hydrogens (tertiary/aromatic N) is 1. The third-order valence-electron chi connectivity index (χ3n) is 3.61. The van der Waals surface area contributed by atoms with E-state index in [4.69, 9.17) is 9.47 Å². The van der Waals surface area contributed by atoms with Crippen molar-refractivity contribution >= 4 is 0 Å². The van der Waals surface area contributed by atoms with Crippen molar-refractivity contribution < 1.29 is 9.47 Å². The molecule has 1 saturated carbocycles. The SMILES string of the molecule is CCOCC1(CN2CCOCC2C)CC1. The van der Waals surface area contributed by atoms with Gasteiger partial charge in [0.1, 0.15) is 0 Å². The number of ether oxygens (including phenoxy) is 2. The van der Waals surface area contributed by atoms with E-state index in [1.54, 1.807) is 0 Å². The first-order valence-corrected chi connectivity index (χ1v) is 6.15. The zero-order valence-corrected chi connectivity index (χ0v) is 10.00. The molecule has 1 saturated heterocycles. The highest BCUT2D eigenvalue weighted by Gasteiger charge is 2.44. The summed E-state index contributed by atoms with van der Waals surface area (Å²) in [5.74, 6) is 0. The van der Waals surface area contributed by atoms with Gasteiger partial charge in [0.25, 0.3) is 0 Å². The van der Waals surface area contributed by atoms with Gasteiger partial charge in [-0.3, -0.25) is 4.90 Å². The van der Waals surface area contributed by atoms with Crippen LogP contribution in [0.3, 0.4) is 0 Å². The highest BCUT2D eigenvalue weighted by Crippen LogP contribution is 2.46. The van der Waals surface area contributed by atoms with Crippen molar-refractivity contribution in [1.29, 1.82) is 0 Å². The summed E-state index contributed by atoms with van der Waals surface area (Å²) < 4.78 is 11.0. The van der Waals surface area contributed by atoms with Crippen molar-refractivity contribution in [3.8, 4) is 0 Å². The van der Waals surface area contributed by atoms with E-state index >= 15 is 0 Å². The summed E-state index contributed by atoms with van der Waals surface area (Å²) in [5, 5.41) is 0. The fourth-order valence-electron chi connectivity index (χ4n) is 2.27. The largest absolute Gasteiger partial charge is 0.381 e. The summed E-state index contributed by atoms with van der Waals surface area (Å²) in [5.41, 5.74) is 0.488. The third kappa shape index (κ3) is 2.92. The Labute approximate surface area is 92.7 Å². The molecule has 0 amide bonds. The Bertz CT molecular complexity index is 204. The summed E-state index contributed by atoms with van der Waals surface area (Å²) in [6.07, 6.45) is 2.69. The Morgan fingerprint density at radius 2 is 2.27 bits per heavy atom. The first kappa shape index (κ1) is 11.4. The molecule has 1 unspecified atom stereocenters. The summed E-state index contributed by atoms with van der Waals surface area (Å²) in [4.78, 5) is 2.56. The Hall–Kier alpha value is -0.120. The monoisotopic (exact) mass is 213 g/mol. The number of hydrogen-bond donors (Lipinski definition) is 0. The van der Waals surface area contributed by atoms with Crippen molar-refractivity contribution in [2.75, 3.05) is 39.5 Å². The van der Waals surface area contributed by atoms with E-state index in [0.717, 1.165) is 33.0 Å². The topological polar surface area (TPSA) is 21.7 Å². The molecular weight excluding hydrogens is 190 g/mol. The predicted molar refractivity (Wildman–Crippen MR) is 60.0 cm³/mol. The van der Waals surface area contributed by atoms with Crippen LogP contribution in [-0.2, 0) is 9.47 Å². The molecule has 1 heterocycles. The number of hydrogen-bond acceptors (Lipinski definition) is 3. The van der Waals surface area contributed by atoms with Crippen LogP contribution in [0.15, 0.2) is 0 Å². The van der Waals surface area contributed by atoms with E-state index in [0.29, 0.717) is 11.5 Å². The van der Waals surface area contributed by atoms with Crippen LogP contribution in [0.25, 0.3) is 0 Å². The lowest BCUT2D eigenvalue weighted by Gasteiger charge is -2.35. The zero-order chi connectivity index (χ0) is 10.7. The normalized spacial score (nSPS) is 30.4. The Morgan fingerprint density at radius 3 is 2.87 bits per heavy atom. The van der Waals surface area contributed by atoms with Gasteiger partial charge in [0.15, 0.2) is 0 Å². The van der Waals surface area contributed by atoms with Crippen LogP contribution in [-0.4, -0.2) is 50.5 Å². The molecule has 0 aromatic carbocycles.